The zero-order chi connectivity index (χ0) is 9.26. The summed E-state index contributed by atoms with van der Waals surface area (Å²) in [6.07, 6.45) is 2.16. The average Bonchev–Trinajstić information content (AvgIpc) is 2.76. The van der Waals surface area contributed by atoms with Crippen LogP contribution < -0.4 is 10.6 Å². The number of anilines is 1. The lowest BCUT2D eigenvalue weighted by molar-refractivity contribution is 0.251. The SMILES string of the molecule is O=C(Nc1ccc(Br)o1)NC1CC1. The first-order valence-electron chi connectivity index (χ1n) is 4.07. The maximum absolute atomic E-state index is 11.2. The smallest absolute Gasteiger partial charge is 0.321 e. The van der Waals surface area contributed by atoms with E-state index in [2.05, 4.69) is 26.6 Å². The summed E-state index contributed by atoms with van der Waals surface area (Å²) >= 11 is 3.15. The zero-order valence-corrected chi connectivity index (χ0v) is 8.43. The van der Waals surface area contributed by atoms with Gasteiger partial charge in [-0.3, -0.25) is 5.32 Å². The van der Waals surface area contributed by atoms with E-state index in [4.69, 9.17) is 4.42 Å². The molecule has 2 amide bonds. The Labute approximate surface area is 83.8 Å². The number of halogens is 1. The fraction of sp³-hybridized carbons (Fsp3) is 0.375. The Bertz CT molecular complexity index is 320. The van der Waals surface area contributed by atoms with Crippen molar-refractivity contribution in [3.8, 4) is 0 Å². The molecule has 5 heteroatoms. The molecule has 0 bridgehead atoms. The summed E-state index contributed by atoms with van der Waals surface area (Å²) in [6.45, 7) is 0. The number of rotatable bonds is 2. The van der Waals surface area contributed by atoms with Crippen LogP contribution in [0.5, 0.6) is 0 Å². The molecule has 0 unspecified atom stereocenters. The number of carbonyl (C=O) groups is 1. The van der Waals surface area contributed by atoms with Gasteiger partial charge in [-0.1, -0.05) is 0 Å². The van der Waals surface area contributed by atoms with Gasteiger partial charge in [0.15, 0.2) is 4.67 Å². The van der Waals surface area contributed by atoms with Gasteiger partial charge in [-0.2, -0.15) is 0 Å². The summed E-state index contributed by atoms with van der Waals surface area (Å²) in [6, 6.07) is 3.58. The number of furan rings is 1. The van der Waals surface area contributed by atoms with E-state index < -0.39 is 0 Å². The Kier molecular flexibility index (Phi) is 2.26. The lowest BCUT2D eigenvalue weighted by Gasteiger charge is -2.02. The minimum atomic E-state index is -0.204. The van der Waals surface area contributed by atoms with Crippen LogP contribution in [0.1, 0.15) is 12.8 Å². The van der Waals surface area contributed by atoms with Crippen LogP contribution in [0.25, 0.3) is 0 Å². The first-order chi connectivity index (χ1) is 6.24. The molecule has 0 saturated heterocycles. The van der Waals surface area contributed by atoms with Gasteiger partial charge in [0.1, 0.15) is 0 Å². The van der Waals surface area contributed by atoms with Gasteiger partial charge < -0.3 is 9.73 Å². The molecule has 0 radical (unpaired) electrons. The van der Waals surface area contributed by atoms with Gasteiger partial charge in [-0.15, -0.1) is 0 Å². The predicted octanol–water partition coefficient (Wildman–Crippen LogP) is 2.33. The number of hydrogen-bond acceptors (Lipinski definition) is 2. The van der Waals surface area contributed by atoms with Gasteiger partial charge in [0.25, 0.3) is 0 Å². The second kappa shape index (κ2) is 3.41. The summed E-state index contributed by atoms with van der Waals surface area (Å²) in [7, 11) is 0. The molecule has 1 heterocycles. The Balaban J connectivity index is 1.85. The average molecular weight is 245 g/mol. The van der Waals surface area contributed by atoms with Gasteiger partial charge in [0.2, 0.25) is 5.88 Å². The molecule has 1 aliphatic rings. The Morgan fingerprint density at radius 2 is 2.31 bits per heavy atom. The van der Waals surface area contributed by atoms with E-state index in [1.54, 1.807) is 12.1 Å². The second-order valence-corrected chi connectivity index (χ2v) is 3.76. The van der Waals surface area contributed by atoms with E-state index in [9.17, 15) is 4.79 Å². The highest BCUT2D eigenvalue weighted by atomic mass is 79.9. The maximum atomic E-state index is 11.2. The third kappa shape index (κ3) is 2.48. The number of amides is 2. The summed E-state index contributed by atoms with van der Waals surface area (Å²) in [5.41, 5.74) is 0. The minimum Gasteiger partial charge on any atom is -0.434 e. The van der Waals surface area contributed by atoms with Crippen molar-refractivity contribution in [2.75, 3.05) is 5.32 Å². The van der Waals surface area contributed by atoms with Crippen LogP contribution in [-0.4, -0.2) is 12.1 Å². The Morgan fingerprint density at radius 3 is 2.85 bits per heavy atom. The fourth-order valence-corrected chi connectivity index (χ4v) is 1.25. The Morgan fingerprint density at radius 1 is 1.54 bits per heavy atom. The van der Waals surface area contributed by atoms with Crippen molar-refractivity contribution in [3.63, 3.8) is 0 Å². The quantitative estimate of drug-likeness (QED) is 0.840. The van der Waals surface area contributed by atoms with E-state index >= 15 is 0 Å². The highest BCUT2D eigenvalue weighted by molar-refractivity contribution is 9.10. The summed E-state index contributed by atoms with van der Waals surface area (Å²) in [5.74, 6) is 0.449. The number of hydrogen-bond donors (Lipinski definition) is 2. The van der Waals surface area contributed by atoms with Crippen molar-refractivity contribution < 1.29 is 9.21 Å². The van der Waals surface area contributed by atoms with Crippen molar-refractivity contribution in [3.05, 3.63) is 16.8 Å². The van der Waals surface area contributed by atoms with Crippen LogP contribution >= 0.6 is 15.9 Å². The normalized spacial score (nSPS) is 15.5. The topological polar surface area (TPSA) is 54.3 Å². The molecular weight excluding hydrogens is 236 g/mol. The third-order valence-electron chi connectivity index (χ3n) is 1.72. The highest BCUT2D eigenvalue weighted by Gasteiger charge is 2.23. The molecule has 0 atom stereocenters. The van der Waals surface area contributed by atoms with Crippen LogP contribution in [0, 0.1) is 0 Å². The van der Waals surface area contributed by atoms with E-state index in [0.717, 1.165) is 12.8 Å². The molecule has 0 aliphatic heterocycles. The standard InChI is InChI=1S/C8H9BrN2O2/c9-6-3-4-7(13-6)11-8(12)10-5-1-2-5/h3-5H,1-2H2,(H2,10,11,12). The molecule has 2 rings (SSSR count). The first kappa shape index (κ1) is 8.62. The van der Waals surface area contributed by atoms with Crippen LogP contribution in [0.3, 0.4) is 0 Å². The maximum Gasteiger partial charge on any atom is 0.321 e. The van der Waals surface area contributed by atoms with Crippen molar-refractivity contribution in [2.45, 2.75) is 18.9 Å². The molecule has 1 fully saturated rings. The molecule has 0 spiro atoms. The largest absolute Gasteiger partial charge is 0.434 e. The number of urea groups is 1. The predicted molar refractivity (Wildman–Crippen MR) is 51.6 cm³/mol. The van der Waals surface area contributed by atoms with Crippen molar-refractivity contribution in [1.82, 2.24) is 5.32 Å². The molecule has 1 saturated carbocycles. The fourth-order valence-electron chi connectivity index (χ4n) is 0.943. The van der Waals surface area contributed by atoms with Crippen LogP contribution in [0.4, 0.5) is 10.7 Å². The molecule has 1 aromatic rings. The molecule has 4 nitrogen and oxygen atoms in total. The van der Waals surface area contributed by atoms with Crippen molar-refractivity contribution in [1.29, 1.82) is 0 Å². The monoisotopic (exact) mass is 244 g/mol. The van der Waals surface area contributed by atoms with E-state index in [-0.39, 0.29) is 6.03 Å². The summed E-state index contributed by atoms with van der Waals surface area (Å²) < 4.78 is 5.71. The second-order valence-electron chi connectivity index (χ2n) is 2.98. The van der Waals surface area contributed by atoms with Gasteiger partial charge >= 0.3 is 6.03 Å². The molecule has 2 N–H and O–H groups in total. The molecule has 0 aromatic carbocycles. The third-order valence-corrected chi connectivity index (χ3v) is 2.15. The zero-order valence-electron chi connectivity index (χ0n) is 6.84. The van der Waals surface area contributed by atoms with Gasteiger partial charge in [0.05, 0.1) is 0 Å². The summed E-state index contributed by atoms with van der Waals surface area (Å²) in [4.78, 5) is 11.2. The van der Waals surface area contributed by atoms with E-state index in [0.29, 0.717) is 16.6 Å². The Hall–Kier alpha value is -0.970. The number of nitrogens with one attached hydrogen (secondary N) is 2. The van der Waals surface area contributed by atoms with Gasteiger partial charge in [0, 0.05) is 12.1 Å². The lowest BCUT2D eigenvalue weighted by atomic mass is 10.6. The van der Waals surface area contributed by atoms with E-state index in [1.165, 1.54) is 0 Å². The minimum absolute atomic E-state index is 0.204. The first-order valence-corrected chi connectivity index (χ1v) is 4.86. The number of carbonyl (C=O) groups excluding carboxylic acids is 1. The molecule has 70 valence electrons. The van der Waals surface area contributed by atoms with Crippen LogP contribution in [0.2, 0.25) is 0 Å². The van der Waals surface area contributed by atoms with Crippen molar-refractivity contribution >= 4 is 27.8 Å². The molecular formula is C8H9BrN2O2. The van der Waals surface area contributed by atoms with E-state index in [1.807, 2.05) is 0 Å². The van der Waals surface area contributed by atoms with Crippen LogP contribution in [-0.2, 0) is 0 Å². The van der Waals surface area contributed by atoms with Crippen molar-refractivity contribution in [2.24, 2.45) is 0 Å². The van der Waals surface area contributed by atoms with Gasteiger partial charge in [-0.25, -0.2) is 4.79 Å². The highest BCUT2D eigenvalue weighted by Crippen LogP contribution is 2.20. The van der Waals surface area contributed by atoms with Gasteiger partial charge in [-0.05, 0) is 34.8 Å². The molecule has 1 aromatic heterocycles. The molecule has 13 heavy (non-hydrogen) atoms. The molecule has 1 aliphatic carbocycles. The van der Waals surface area contributed by atoms with Crippen LogP contribution in [0.15, 0.2) is 21.2 Å². The lowest BCUT2D eigenvalue weighted by Crippen LogP contribution is -2.30. The summed E-state index contributed by atoms with van der Waals surface area (Å²) in [5, 5.41) is 5.37.